The number of hydrogen-bond acceptors (Lipinski definition) is 3. The van der Waals surface area contributed by atoms with Crippen LogP contribution in [0.4, 0.5) is 5.69 Å². The molecule has 0 bridgehead atoms. The zero-order valence-electron chi connectivity index (χ0n) is 13.5. The van der Waals surface area contributed by atoms with Crippen molar-refractivity contribution in [3.05, 3.63) is 53.0 Å². The Morgan fingerprint density at radius 2 is 2.13 bits per heavy atom. The summed E-state index contributed by atoms with van der Waals surface area (Å²) in [5.41, 5.74) is 3.92. The largest absolute Gasteiger partial charge is 0.333 e. The standard InChI is InChI=1S/C18H20N2OS2/c1-12(2)20-15-7-8-23-17(15)10-16(20)18(21)19-14-6-4-5-13(9-14)11-22-3/h4-10,12H,11H2,1-3H3,(H,19,21). The molecule has 120 valence electrons. The van der Waals surface area contributed by atoms with E-state index in [1.165, 1.54) is 5.56 Å². The molecule has 23 heavy (non-hydrogen) atoms. The number of hydrogen-bond donors (Lipinski definition) is 1. The Kier molecular flexibility index (Phi) is 4.78. The van der Waals surface area contributed by atoms with Gasteiger partial charge in [-0.2, -0.15) is 11.8 Å². The molecule has 0 spiro atoms. The highest BCUT2D eigenvalue weighted by molar-refractivity contribution is 7.97. The first kappa shape index (κ1) is 16.1. The van der Waals surface area contributed by atoms with Crippen LogP contribution in [0.15, 0.2) is 41.8 Å². The summed E-state index contributed by atoms with van der Waals surface area (Å²) in [6.45, 7) is 4.21. The van der Waals surface area contributed by atoms with E-state index >= 15 is 0 Å². The Bertz CT molecular complexity index is 833. The van der Waals surface area contributed by atoms with Crippen molar-refractivity contribution in [2.45, 2.75) is 25.6 Å². The summed E-state index contributed by atoms with van der Waals surface area (Å²) < 4.78 is 3.26. The van der Waals surface area contributed by atoms with Crippen LogP contribution in [0, 0.1) is 0 Å². The molecule has 0 radical (unpaired) electrons. The fraction of sp³-hybridized carbons (Fsp3) is 0.278. The average molecular weight is 345 g/mol. The first-order valence-corrected chi connectivity index (χ1v) is 9.85. The molecule has 1 aromatic carbocycles. The van der Waals surface area contributed by atoms with Crippen molar-refractivity contribution in [3.8, 4) is 0 Å². The molecular formula is C18H20N2OS2. The third-order valence-corrected chi connectivity index (χ3v) is 5.18. The average Bonchev–Trinajstić information content (AvgIpc) is 3.07. The van der Waals surface area contributed by atoms with E-state index in [2.05, 4.69) is 47.5 Å². The SMILES string of the molecule is CSCc1cccc(NC(=O)c2cc3sccc3n2C(C)C)c1. The van der Waals surface area contributed by atoms with E-state index in [1.807, 2.05) is 24.3 Å². The highest BCUT2D eigenvalue weighted by Crippen LogP contribution is 2.29. The van der Waals surface area contributed by atoms with Gasteiger partial charge in [0.05, 0.1) is 10.2 Å². The van der Waals surface area contributed by atoms with E-state index in [1.54, 1.807) is 23.1 Å². The van der Waals surface area contributed by atoms with Gasteiger partial charge in [-0.25, -0.2) is 0 Å². The lowest BCUT2D eigenvalue weighted by atomic mass is 10.2. The van der Waals surface area contributed by atoms with Gasteiger partial charge >= 0.3 is 0 Å². The summed E-state index contributed by atoms with van der Waals surface area (Å²) >= 11 is 3.44. The van der Waals surface area contributed by atoms with Crippen LogP contribution in [0.5, 0.6) is 0 Å². The number of carbonyl (C=O) groups excluding carboxylic acids is 1. The lowest BCUT2D eigenvalue weighted by Crippen LogP contribution is -2.18. The van der Waals surface area contributed by atoms with E-state index in [0.29, 0.717) is 0 Å². The number of nitrogens with zero attached hydrogens (tertiary/aromatic N) is 1. The highest BCUT2D eigenvalue weighted by Gasteiger charge is 2.18. The number of rotatable bonds is 5. The molecule has 2 heterocycles. The molecule has 0 saturated heterocycles. The van der Waals surface area contributed by atoms with Gasteiger partial charge in [-0.15, -0.1) is 11.3 Å². The first-order chi connectivity index (χ1) is 11.1. The van der Waals surface area contributed by atoms with Crippen LogP contribution in [0.25, 0.3) is 10.2 Å². The molecule has 0 unspecified atom stereocenters. The van der Waals surface area contributed by atoms with Crippen LogP contribution < -0.4 is 5.32 Å². The maximum Gasteiger partial charge on any atom is 0.272 e. The van der Waals surface area contributed by atoms with Gasteiger partial charge in [0.25, 0.3) is 5.91 Å². The second-order valence-corrected chi connectivity index (χ2v) is 7.56. The molecule has 3 aromatic rings. The number of benzene rings is 1. The van der Waals surface area contributed by atoms with Gasteiger partial charge in [-0.3, -0.25) is 4.79 Å². The van der Waals surface area contributed by atoms with Crippen LogP contribution in [0.3, 0.4) is 0 Å². The van der Waals surface area contributed by atoms with Crippen LogP contribution in [-0.4, -0.2) is 16.7 Å². The third-order valence-electron chi connectivity index (χ3n) is 3.71. The number of amides is 1. The summed E-state index contributed by atoms with van der Waals surface area (Å²) in [5.74, 6) is 0.894. The summed E-state index contributed by atoms with van der Waals surface area (Å²) in [6, 6.07) is 12.4. The van der Waals surface area contributed by atoms with E-state index in [-0.39, 0.29) is 11.9 Å². The molecule has 0 aliphatic carbocycles. The van der Waals surface area contributed by atoms with Crippen molar-refractivity contribution >= 4 is 44.9 Å². The predicted octanol–water partition coefficient (Wildman–Crippen LogP) is 5.40. The van der Waals surface area contributed by atoms with E-state index in [4.69, 9.17) is 0 Å². The van der Waals surface area contributed by atoms with Crippen LogP contribution in [-0.2, 0) is 5.75 Å². The predicted molar refractivity (Wildman–Crippen MR) is 102 cm³/mol. The van der Waals surface area contributed by atoms with Gasteiger partial charge in [0, 0.05) is 17.5 Å². The van der Waals surface area contributed by atoms with Gasteiger partial charge < -0.3 is 9.88 Å². The van der Waals surface area contributed by atoms with Crippen LogP contribution >= 0.6 is 23.1 Å². The lowest BCUT2D eigenvalue weighted by molar-refractivity contribution is 0.101. The maximum atomic E-state index is 12.7. The number of thiophene rings is 1. The number of carbonyl (C=O) groups is 1. The number of anilines is 1. The molecule has 1 N–H and O–H groups in total. The van der Waals surface area contributed by atoms with Crippen molar-refractivity contribution in [2.24, 2.45) is 0 Å². The van der Waals surface area contributed by atoms with Crippen molar-refractivity contribution in [2.75, 3.05) is 11.6 Å². The minimum atomic E-state index is -0.0524. The fourth-order valence-electron chi connectivity index (χ4n) is 2.78. The number of fused-ring (bicyclic) bond motifs is 1. The highest BCUT2D eigenvalue weighted by atomic mass is 32.2. The Labute approximate surface area is 144 Å². The Balaban J connectivity index is 1.90. The first-order valence-electron chi connectivity index (χ1n) is 7.58. The van der Waals surface area contributed by atoms with Crippen LogP contribution in [0.1, 0.15) is 35.9 Å². The van der Waals surface area contributed by atoms with Crippen molar-refractivity contribution in [3.63, 3.8) is 0 Å². The summed E-state index contributed by atoms with van der Waals surface area (Å²) in [6.07, 6.45) is 2.08. The maximum absolute atomic E-state index is 12.7. The zero-order chi connectivity index (χ0) is 16.4. The molecule has 5 heteroatoms. The van der Waals surface area contributed by atoms with E-state index < -0.39 is 0 Å². The fourth-order valence-corrected chi connectivity index (χ4v) is 4.10. The number of nitrogens with one attached hydrogen (secondary N) is 1. The molecule has 0 atom stereocenters. The number of thioether (sulfide) groups is 1. The van der Waals surface area contributed by atoms with Crippen molar-refractivity contribution < 1.29 is 4.79 Å². The summed E-state index contributed by atoms with van der Waals surface area (Å²) in [4.78, 5) is 12.7. The van der Waals surface area contributed by atoms with Gasteiger partial charge in [0.1, 0.15) is 5.69 Å². The third kappa shape index (κ3) is 3.31. The van der Waals surface area contributed by atoms with Gasteiger partial charge in [0.2, 0.25) is 0 Å². The quantitative estimate of drug-likeness (QED) is 0.672. The lowest BCUT2D eigenvalue weighted by Gasteiger charge is -2.14. The Hall–Kier alpha value is -1.72. The smallest absolute Gasteiger partial charge is 0.272 e. The van der Waals surface area contributed by atoms with Gasteiger partial charge in [-0.1, -0.05) is 12.1 Å². The molecular weight excluding hydrogens is 324 g/mol. The molecule has 2 aromatic heterocycles. The minimum absolute atomic E-state index is 0.0524. The second kappa shape index (κ2) is 6.81. The molecule has 1 amide bonds. The molecule has 0 aliphatic heterocycles. The Morgan fingerprint density at radius 3 is 2.87 bits per heavy atom. The molecule has 0 fully saturated rings. The molecule has 0 saturated carbocycles. The van der Waals surface area contributed by atoms with E-state index in [9.17, 15) is 4.79 Å². The monoisotopic (exact) mass is 344 g/mol. The van der Waals surface area contributed by atoms with Crippen LogP contribution in [0.2, 0.25) is 0 Å². The van der Waals surface area contributed by atoms with Crippen molar-refractivity contribution in [1.29, 1.82) is 0 Å². The Morgan fingerprint density at radius 1 is 1.30 bits per heavy atom. The molecule has 3 rings (SSSR count). The summed E-state index contributed by atoms with van der Waals surface area (Å²) in [7, 11) is 0. The normalized spacial score (nSPS) is 11.3. The van der Waals surface area contributed by atoms with E-state index in [0.717, 1.165) is 27.4 Å². The topological polar surface area (TPSA) is 34.0 Å². The summed E-state index contributed by atoms with van der Waals surface area (Å²) in [5, 5.41) is 5.11. The zero-order valence-corrected chi connectivity index (χ0v) is 15.1. The van der Waals surface area contributed by atoms with Gasteiger partial charge in [0.15, 0.2) is 0 Å². The molecule has 3 nitrogen and oxygen atoms in total. The van der Waals surface area contributed by atoms with Gasteiger partial charge in [-0.05, 0) is 55.3 Å². The second-order valence-electron chi connectivity index (χ2n) is 5.75. The number of aromatic nitrogens is 1. The minimum Gasteiger partial charge on any atom is -0.333 e. The molecule has 0 aliphatic rings. The van der Waals surface area contributed by atoms with Crippen molar-refractivity contribution in [1.82, 2.24) is 4.57 Å².